The lowest BCUT2D eigenvalue weighted by Crippen LogP contribution is -2.49. The van der Waals surface area contributed by atoms with Crippen molar-refractivity contribution in [3.05, 3.63) is 0 Å². The van der Waals surface area contributed by atoms with Gasteiger partial charge < -0.3 is 10.2 Å². The predicted octanol–water partition coefficient (Wildman–Crippen LogP) is 6.83. The van der Waals surface area contributed by atoms with E-state index < -0.39 is 0 Å². The molecular formula is C28H50O2. The average molecular weight is 419 g/mol. The van der Waals surface area contributed by atoms with E-state index in [1.54, 1.807) is 0 Å². The van der Waals surface area contributed by atoms with Crippen molar-refractivity contribution in [2.45, 2.75) is 123 Å². The minimum Gasteiger partial charge on any atom is -0.393 e. The Labute approximate surface area is 186 Å². The van der Waals surface area contributed by atoms with Crippen molar-refractivity contribution >= 4 is 0 Å². The standard InChI is InChI=1S/C28H50O2/c1-18-14-23(27(29)25(16-18)21-10-6-4-7-11-21)20(3)24-15-19(2)17-26(28(24)30)22-12-8-5-9-13-22/h18-30H,4-17H2,1-3H3. The first-order valence-electron chi connectivity index (χ1n) is 13.8. The first kappa shape index (κ1) is 23.1. The van der Waals surface area contributed by atoms with E-state index in [1.165, 1.54) is 77.0 Å². The van der Waals surface area contributed by atoms with Crippen LogP contribution in [-0.2, 0) is 0 Å². The van der Waals surface area contributed by atoms with E-state index in [4.69, 9.17) is 0 Å². The highest BCUT2D eigenvalue weighted by Gasteiger charge is 2.47. The Balaban J connectivity index is 1.47. The molecule has 0 aliphatic heterocycles. The molecule has 0 amide bonds. The van der Waals surface area contributed by atoms with Gasteiger partial charge in [0.05, 0.1) is 12.2 Å². The molecule has 174 valence electrons. The second-order valence-electron chi connectivity index (χ2n) is 12.4. The minimum atomic E-state index is -0.142. The van der Waals surface area contributed by atoms with Crippen molar-refractivity contribution in [1.29, 1.82) is 0 Å². The smallest absolute Gasteiger partial charge is 0.0602 e. The molecule has 2 N–H and O–H groups in total. The molecule has 4 fully saturated rings. The molecule has 0 heterocycles. The lowest BCUT2D eigenvalue weighted by atomic mass is 9.57. The second kappa shape index (κ2) is 10.2. The number of hydrogen-bond acceptors (Lipinski definition) is 2. The summed E-state index contributed by atoms with van der Waals surface area (Å²) in [5, 5.41) is 23.2. The molecule has 0 aromatic heterocycles. The van der Waals surface area contributed by atoms with Crippen LogP contribution in [0.3, 0.4) is 0 Å². The van der Waals surface area contributed by atoms with Crippen LogP contribution in [0.2, 0.25) is 0 Å². The number of hydrogen-bond donors (Lipinski definition) is 2. The van der Waals surface area contributed by atoms with Crippen LogP contribution in [0, 0.1) is 53.3 Å². The van der Waals surface area contributed by atoms with E-state index in [1.807, 2.05) is 0 Å². The molecule has 4 rings (SSSR count). The summed E-state index contributed by atoms with van der Waals surface area (Å²) in [5.41, 5.74) is 0. The maximum atomic E-state index is 11.6. The molecule has 4 aliphatic rings. The summed E-state index contributed by atoms with van der Waals surface area (Å²) in [4.78, 5) is 0. The van der Waals surface area contributed by atoms with Crippen LogP contribution in [0.15, 0.2) is 0 Å². The lowest BCUT2D eigenvalue weighted by molar-refractivity contribution is -0.101. The van der Waals surface area contributed by atoms with Gasteiger partial charge in [-0.25, -0.2) is 0 Å². The van der Waals surface area contributed by atoms with Crippen molar-refractivity contribution in [1.82, 2.24) is 0 Å². The van der Waals surface area contributed by atoms with Gasteiger partial charge in [0.2, 0.25) is 0 Å². The van der Waals surface area contributed by atoms with Gasteiger partial charge in [-0.1, -0.05) is 85.0 Å². The van der Waals surface area contributed by atoms with Gasteiger partial charge in [0.25, 0.3) is 0 Å². The van der Waals surface area contributed by atoms with E-state index in [0.717, 1.165) is 36.5 Å². The molecular weight excluding hydrogens is 368 g/mol. The molecule has 0 saturated heterocycles. The van der Waals surface area contributed by atoms with Crippen molar-refractivity contribution in [2.24, 2.45) is 53.3 Å². The molecule has 4 saturated carbocycles. The minimum absolute atomic E-state index is 0.142. The van der Waals surface area contributed by atoms with Crippen molar-refractivity contribution < 1.29 is 10.2 Å². The predicted molar refractivity (Wildman–Crippen MR) is 125 cm³/mol. The van der Waals surface area contributed by atoms with Gasteiger partial charge in [-0.2, -0.15) is 0 Å². The van der Waals surface area contributed by atoms with Gasteiger partial charge in [0, 0.05) is 0 Å². The Kier molecular flexibility index (Phi) is 7.88. The van der Waals surface area contributed by atoms with Crippen LogP contribution >= 0.6 is 0 Å². The Morgan fingerprint density at radius 1 is 0.567 bits per heavy atom. The summed E-state index contributed by atoms with van der Waals surface area (Å²) in [6.45, 7) is 7.24. The van der Waals surface area contributed by atoms with Crippen LogP contribution in [0.5, 0.6) is 0 Å². The zero-order chi connectivity index (χ0) is 21.3. The normalized spacial score (nSPS) is 45.9. The second-order valence-corrected chi connectivity index (χ2v) is 12.4. The first-order valence-corrected chi connectivity index (χ1v) is 13.8. The monoisotopic (exact) mass is 418 g/mol. The molecule has 4 aliphatic carbocycles. The highest BCUT2D eigenvalue weighted by atomic mass is 16.3. The molecule has 2 nitrogen and oxygen atoms in total. The molecule has 0 aromatic rings. The van der Waals surface area contributed by atoms with Gasteiger partial charge in [-0.3, -0.25) is 0 Å². The Hall–Kier alpha value is -0.0800. The van der Waals surface area contributed by atoms with Crippen LogP contribution < -0.4 is 0 Å². The van der Waals surface area contributed by atoms with E-state index in [-0.39, 0.29) is 12.2 Å². The Bertz CT molecular complexity index is 475. The quantitative estimate of drug-likeness (QED) is 0.525. The molecule has 0 radical (unpaired) electrons. The zero-order valence-corrected chi connectivity index (χ0v) is 20.1. The number of aliphatic hydroxyl groups is 2. The topological polar surface area (TPSA) is 40.5 Å². The molecule has 2 heteroatoms. The van der Waals surface area contributed by atoms with Crippen LogP contribution in [0.4, 0.5) is 0 Å². The van der Waals surface area contributed by atoms with Gasteiger partial charge in [-0.15, -0.1) is 0 Å². The lowest BCUT2D eigenvalue weighted by Gasteiger charge is -2.50. The van der Waals surface area contributed by atoms with Crippen LogP contribution in [0.25, 0.3) is 0 Å². The summed E-state index contributed by atoms with van der Waals surface area (Å²) >= 11 is 0. The summed E-state index contributed by atoms with van der Waals surface area (Å²) in [7, 11) is 0. The summed E-state index contributed by atoms with van der Waals surface area (Å²) < 4.78 is 0. The third-order valence-electron chi connectivity index (χ3n) is 10.3. The van der Waals surface area contributed by atoms with Crippen molar-refractivity contribution in [3.8, 4) is 0 Å². The third-order valence-corrected chi connectivity index (χ3v) is 10.3. The highest BCUT2D eigenvalue weighted by molar-refractivity contribution is 4.97. The average Bonchev–Trinajstić information content (AvgIpc) is 2.77. The van der Waals surface area contributed by atoms with E-state index in [9.17, 15) is 10.2 Å². The molecule has 0 aromatic carbocycles. The number of rotatable bonds is 4. The summed E-state index contributed by atoms with van der Waals surface area (Å²) in [6.07, 6.45) is 18.1. The van der Waals surface area contributed by atoms with Crippen molar-refractivity contribution in [3.63, 3.8) is 0 Å². The van der Waals surface area contributed by atoms with Crippen LogP contribution in [0.1, 0.15) is 111 Å². The zero-order valence-electron chi connectivity index (χ0n) is 20.1. The van der Waals surface area contributed by atoms with Gasteiger partial charge >= 0.3 is 0 Å². The molecule has 8 unspecified atom stereocenters. The fourth-order valence-electron chi connectivity index (χ4n) is 8.68. The Morgan fingerprint density at radius 2 is 0.933 bits per heavy atom. The molecule has 0 bridgehead atoms. The molecule has 8 atom stereocenters. The highest BCUT2D eigenvalue weighted by Crippen LogP contribution is 2.50. The van der Waals surface area contributed by atoms with Crippen LogP contribution in [-0.4, -0.2) is 22.4 Å². The van der Waals surface area contributed by atoms with Crippen molar-refractivity contribution in [2.75, 3.05) is 0 Å². The fraction of sp³-hybridized carbons (Fsp3) is 1.00. The van der Waals surface area contributed by atoms with Gasteiger partial charge in [0.1, 0.15) is 0 Å². The molecule has 30 heavy (non-hydrogen) atoms. The largest absolute Gasteiger partial charge is 0.393 e. The number of aliphatic hydroxyl groups excluding tert-OH is 2. The SMILES string of the molecule is CC1CC(C2CCCCC2)C(O)C(C(C)C2CC(C)CC(C3CCCCC3)C2O)C1. The maximum absolute atomic E-state index is 11.6. The summed E-state index contributed by atoms with van der Waals surface area (Å²) in [6, 6.07) is 0. The van der Waals surface area contributed by atoms with E-state index in [2.05, 4.69) is 20.8 Å². The van der Waals surface area contributed by atoms with E-state index in [0.29, 0.717) is 29.6 Å². The maximum Gasteiger partial charge on any atom is 0.0602 e. The summed E-state index contributed by atoms with van der Waals surface area (Å²) in [5.74, 6) is 5.17. The molecule has 0 spiro atoms. The van der Waals surface area contributed by atoms with Gasteiger partial charge in [0.15, 0.2) is 0 Å². The van der Waals surface area contributed by atoms with Gasteiger partial charge in [-0.05, 0) is 78.9 Å². The third kappa shape index (κ3) is 4.95. The Morgan fingerprint density at radius 3 is 1.30 bits per heavy atom. The van der Waals surface area contributed by atoms with E-state index >= 15 is 0 Å². The first-order chi connectivity index (χ1) is 14.5. The fourth-order valence-corrected chi connectivity index (χ4v) is 8.68.